The van der Waals surface area contributed by atoms with Crippen molar-refractivity contribution in [2.24, 2.45) is 7.05 Å². The molecule has 0 bridgehead atoms. The molecule has 6 heteroatoms. The summed E-state index contributed by atoms with van der Waals surface area (Å²) >= 11 is 0. The molecule has 0 spiro atoms. The van der Waals surface area contributed by atoms with Crippen molar-refractivity contribution in [1.29, 1.82) is 0 Å². The van der Waals surface area contributed by atoms with E-state index in [1.807, 2.05) is 36.0 Å². The fourth-order valence-corrected chi connectivity index (χ4v) is 2.81. The molecule has 5 nitrogen and oxygen atoms in total. The fraction of sp³-hybridized carbons (Fsp3) is 0.0556. The lowest BCUT2D eigenvalue weighted by Crippen LogP contribution is -1.96. The van der Waals surface area contributed by atoms with E-state index in [-0.39, 0.29) is 5.69 Å². The SMILES string of the molecule is [C-]#[N+]c1ccc(Nc2ccc3c4cnccc4n(C)c3n2)cc1F. The lowest BCUT2D eigenvalue weighted by molar-refractivity contribution is 0.634. The third kappa shape index (κ3) is 2.15. The van der Waals surface area contributed by atoms with Gasteiger partial charge in [0.2, 0.25) is 5.69 Å². The first-order valence-electron chi connectivity index (χ1n) is 7.30. The van der Waals surface area contributed by atoms with Crippen molar-refractivity contribution in [2.75, 3.05) is 5.32 Å². The Bertz CT molecular complexity index is 1120. The zero-order valence-corrected chi connectivity index (χ0v) is 12.8. The van der Waals surface area contributed by atoms with Gasteiger partial charge in [-0.25, -0.2) is 14.2 Å². The van der Waals surface area contributed by atoms with E-state index in [0.29, 0.717) is 11.5 Å². The minimum atomic E-state index is -0.549. The molecule has 0 saturated carbocycles. The number of nitrogens with one attached hydrogen (secondary N) is 1. The maximum absolute atomic E-state index is 13.7. The summed E-state index contributed by atoms with van der Waals surface area (Å²) in [6, 6.07) is 10.2. The zero-order valence-electron chi connectivity index (χ0n) is 12.8. The number of nitrogens with zero attached hydrogens (tertiary/aromatic N) is 4. The van der Waals surface area contributed by atoms with Gasteiger partial charge >= 0.3 is 0 Å². The topological polar surface area (TPSA) is 47.1 Å². The van der Waals surface area contributed by atoms with Gasteiger partial charge in [0.1, 0.15) is 17.3 Å². The van der Waals surface area contributed by atoms with Gasteiger partial charge in [-0.05, 0) is 30.3 Å². The number of anilines is 2. The number of fused-ring (bicyclic) bond motifs is 3. The number of rotatable bonds is 2. The Morgan fingerprint density at radius 2 is 2.04 bits per heavy atom. The highest BCUT2D eigenvalue weighted by atomic mass is 19.1. The standard InChI is InChI=1S/C18H12FN5/c1-20-15-5-3-11(9-14(15)19)22-17-6-4-12-13-10-21-8-7-16(13)24(2)18(12)23-17/h3-10H,2H3,(H,22,23). The summed E-state index contributed by atoms with van der Waals surface area (Å²) < 4.78 is 15.7. The van der Waals surface area contributed by atoms with Crippen molar-refractivity contribution < 1.29 is 4.39 Å². The molecule has 0 saturated heterocycles. The second-order valence-electron chi connectivity index (χ2n) is 5.42. The molecule has 1 aromatic carbocycles. The van der Waals surface area contributed by atoms with Crippen molar-refractivity contribution in [3.05, 3.63) is 66.0 Å². The molecule has 4 rings (SSSR count). The summed E-state index contributed by atoms with van der Waals surface area (Å²) in [5.41, 5.74) is 2.43. The Hall–Kier alpha value is -3.46. The van der Waals surface area contributed by atoms with Crippen LogP contribution in [0.3, 0.4) is 0 Å². The van der Waals surface area contributed by atoms with Gasteiger partial charge in [0, 0.05) is 35.9 Å². The normalized spacial score (nSPS) is 10.9. The largest absolute Gasteiger partial charge is 0.340 e. The van der Waals surface area contributed by atoms with Crippen LogP contribution in [0.15, 0.2) is 48.8 Å². The van der Waals surface area contributed by atoms with Crippen molar-refractivity contribution in [2.45, 2.75) is 0 Å². The van der Waals surface area contributed by atoms with E-state index in [1.54, 1.807) is 12.3 Å². The molecule has 0 radical (unpaired) electrons. The molecule has 3 heterocycles. The Morgan fingerprint density at radius 1 is 1.17 bits per heavy atom. The maximum atomic E-state index is 13.7. The molecule has 0 atom stereocenters. The van der Waals surface area contributed by atoms with Crippen LogP contribution in [-0.2, 0) is 7.05 Å². The molecule has 0 fully saturated rings. The monoisotopic (exact) mass is 317 g/mol. The van der Waals surface area contributed by atoms with Gasteiger partial charge in [-0.3, -0.25) is 4.98 Å². The van der Waals surface area contributed by atoms with Crippen LogP contribution in [-0.4, -0.2) is 14.5 Å². The average molecular weight is 317 g/mol. The Morgan fingerprint density at radius 3 is 2.83 bits per heavy atom. The molecule has 3 aromatic heterocycles. The number of pyridine rings is 2. The van der Waals surface area contributed by atoms with Gasteiger partial charge in [-0.2, -0.15) is 0 Å². The third-order valence-electron chi connectivity index (χ3n) is 3.98. The number of hydrogen-bond donors (Lipinski definition) is 1. The summed E-state index contributed by atoms with van der Waals surface area (Å²) in [7, 11) is 1.95. The molecule has 0 aliphatic heterocycles. The smallest absolute Gasteiger partial charge is 0.222 e. The first-order valence-corrected chi connectivity index (χ1v) is 7.30. The predicted molar refractivity (Wildman–Crippen MR) is 92.0 cm³/mol. The lowest BCUT2D eigenvalue weighted by Gasteiger charge is -2.07. The third-order valence-corrected chi connectivity index (χ3v) is 3.98. The number of hydrogen-bond acceptors (Lipinski definition) is 3. The van der Waals surface area contributed by atoms with Crippen LogP contribution in [0.2, 0.25) is 0 Å². The first-order chi connectivity index (χ1) is 11.7. The highest BCUT2D eigenvalue weighted by molar-refractivity contribution is 6.06. The predicted octanol–water partition coefficient (Wildman–Crippen LogP) is 4.55. The molecular formula is C18H12FN5. The van der Waals surface area contributed by atoms with E-state index in [1.165, 1.54) is 12.1 Å². The quantitative estimate of drug-likeness (QED) is 0.552. The van der Waals surface area contributed by atoms with Gasteiger partial charge in [0.05, 0.1) is 12.1 Å². The van der Waals surface area contributed by atoms with Crippen LogP contribution in [0.25, 0.3) is 26.8 Å². The van der Waals surface area contributed by atoms with Crippen molar-refractivity contribution in [3.63, 3.8) is 0 Å². The molecule has 24 heavy (non-hydrogen) atoms. The summed E-state index contributed by atoms with van der Waals surface area (Å²) in [5.74, 6) is 0.0584. The Balaban J connectivity index is 1.78. The van der Waals surface area contributed by atoms with Gasteiger partial charge in [-0.15, -0.1) is 0 Å². The van der Waals surface area contributed by atoms with E-state index in [9.17, 15) is 4.39 Å². The number of aryl methyl sites for hydroxylation is 1. The number of aromatic nitrogens is 3. The number of halogens is 1. The highest BCUT2D eigenvalue weighted by Gasteiger charge is 2.10. The second-order valence-corrected chi connectivity index (χ2v) is 5.42. The van der Waals surface area contributed by atoms with E-state index in [0.717, 1.165) is 21.9 Å². The molecule has 0 amide bonds. The lowest BCUT2D eigenvalue weighted by atomic mass is 10.2. The minimum Gasteiger partial charge on any atom is -0.340 e. The number of benzene rings is 1. The average Bonchev–Trinajstić information content (AvgIpc) is 2.88. The van der Waals surface area contributed by atoms with Gasteiger partial charge in [-0.1, -0.05) is 6.07 Å². The minimum absolute atomic E-state index is 0.00476. The first kappa shape index (κ1) is 14.2. The van der Waals surface area contributed by atoms with Crippen LogP contribution < -0.4 is 5.32 Å². The molecule has 116 valence electrons. The van der Waals surface area contributed by atoms with Gasteiger partial charge in [0.25, 0.3) is 0 Å². The van der Waals surface area contributed by atoms with Gasteiger partial charge < -0.3 is 9.88 Å². The van der Waals surface area contributed by atoms with E-state index in [4.69, 9.17) is 6.57 Å². The molecular weight excluding hydrogens is 305 g/mol. The van der Waals surface area contributed by atoms with Crippen LogP contribution in [0.1, 0.15) is 0 Å². The zero-order chi connectivity index (χ0) is 16.7. The maximum Gasteiger partial charge on any atom is 0.222 e. The summed E-state index contributed by atoms with van der Waals surface area (Å²) in [5, 5.41) is 5.13. The fourth-order valence-electron chi connectivity index (χ4n) is 2.81. The molecule has 0 aliphatic carbocycles. The van der Waals surface area contributed by atoms with Crippen LogP contribution in [0, 0.1) is 12.4 Å². The van der Waals surface area contributed by atoms with Crippen molar-refractivity contribution in [1.82, 2.24) is 14.5 Å². The molecule has 1 N–H and O–H groups in total. The van der Waals surface area contributed by atoms with Crippen LogP contribution >= 0.6 is 0 Å². The van der Waals surface area contributed by atoms with E-state index in [2.05, 4.69) is 20.1 Å². The van der Waals surface area contributed by atoms with Crippen molar-refractivity contribution in [3.8, 4) is 0 Å². The summed E-state index contributed by atoms with van der Waals surface area (Å²) in [4.78, 5) is 11.9. The highest BCUT2D eigenvalue weighted by Crippen LogP contribution is 2.28. The van der Waals surface area contributed by atoms with Crippen LogP contribution in [0.4, 0.5) is 21.6 Å². The molecule has 0 aliphatic rings. The van der Waals surface area contributed by atoms with E-state index < -0.39 is 5.82 Å². The van der Waals surface area contributed by atoms with E-state index >= 15 is 0 Å². The van der Waals surface area contributed by atoms with Crippen LogP contribution in [0.5, 0.6) is 0 Å². The Labute approximate surface area is 137 Å². The van der Waals surface area contributed by atoms with Crippen molar-refractivity contribution >= 4 is 39.1 Å². The summed E-state index contributed by atoms with van der Waals surface area (Å²) in [6.45, 7) is 6.89. The second kappa shape index (κ2) is 5.32. The Kier molecular flexibility index (Phi) is 3.14. The molecule has 4 aromatic rings. The summed E-state index contributed by atoms with van der Waals surface area (Å²) in [6.07, 6.45) is 3.58. The molecule has 0 unspecified atom stereocenters. The van der Waals surface area contributed by atoms with Gasteiger partial charge in [0.15, 0.2) is 0 Å².